The highest BCUT2D eigenvalue weighted by Gasteiger charge is 2.51. The van der Waals surface area contributed by atoms with E-state index in [-0.39, 0.29) is 38.3 Å². The van der Waals surface area contributed by atoms with Crippen LogP contribution in [0.25, 0.3) is 0 Å². The van der Waals surface area contributed by atoms with Gasteiger partial charge >= 0.3 is 28.4 Å². The molecule has 2 atom stereocenters. The number of urea groups is 1. The lowest BCUT2D eigenvalue weighted by Crippen LogP contribution is -2.52. The zero-order valence-corrected chi connectivity index (χ0v) is 21.2. The number of hydrogen-bond donors (Lipinski definition) is 0. The van der Waals surface area contributed by atoms with Crippen LogP contribution in [-0.4, -0.2) is 91.8 Å². The third-order valence-electron chi connectivity index (χ3n) is 6.10. The number of nitrogens with zero attached hydrogens (tertiary/aromatic N) is 3. The van der Waals surface area contributed by atoms with Gasteiger partial charge in [0.15, 0.2) is 6.73 Å². The van der Waals surface area contributed by atoms with Crippen molar-refractivity contribution >= 4 is 34.3 Å². The van der Waals surface area contributed by atoms with Crippen LogP contribution in [0.2, 0.25) is 0 Å². The molecule has 0 unspecified atom stereocenters. The van der Waals surface area contributed by atoms with E-state index < -0.39 is 52.5 Å². The summed E-state index contributed by atoms with van der Waals surface area (Å²) in [5.74, 6) is -1.42. The Morgan fingerprint density at radius 1 is 1.09 bits per heavy atom. The van der Waals surface area contributed by atoms with Crippen LogP contribution < -0.4 is 0 Å². The third-order valence-corrected chi connectivity index (χ3v) is 6.85. The quantitative estimate of drug-likeness (QED) is 0.269. The molecule has 1 saturated carbocycles. The molecule has 2 bridgehead atoms. The predicted molar refractivity (Wildman–Crippen MR) is 118 cm³/mol. The van der Waals surface area contributed by atoms with Crippen LogP contribution in [0.3, 0.4) is 0 Å². The summed E-state index contributed by atoms with van der Waals surface area (Å²) in [7, 11) is -4.68. The molecular weight excluding hydrogens is 486 g/mol. The SMILES string of the molecule is CCOC(=O)C(C)(C)COS(=O)(=O)ON1C(=O)N2C[C@H]1CC[C@H]2C(=O)N(COC(=O)CC)C1CC1. The Morgan fingerprint density at radius 2 is 1.77 bits per heavy atom. The lowest BCUT2D eigenvalue weighted by Gasteiger charge is -2.33. The van der Waals surface area contributed by atoms with Crippen molar-refractivity contribution in [3.05, 3.63) is 0 Å². The summed E-state index contributed by atoms with van der Waals surface area (Å²) in [6.45, 7) is 5.70. The summed E-state index contributed by atoms with van der Waals surface area (Å²) in [4.78, 5) is 52.5. The topological polar surface area (TPSA) is 149 Å². The summed E-state index contributed by atoms with van der Waals surface area (Å²) < 4.78 is 44.7. The maximum atomic E-state index is 13.2. The number of piperidine rings is 1. The Bertz CT molecular complexity index is 949. The van der Waals surface area contributed by atoms with Gasteiger partial charge in [-0.05, 0) is 46.5 Å². The minimum atomic E-state index is -4.68. The van der Waals surface area contributed by atoms with Crippen LogP contribution in [0, 0.1) is 5.41 Å². The minimum absolute atomic E-state index is 0.0496. The molecule has 2 saturated heterocycles. The van der Waals surface area contributed by atoms with Crippen LogP contribution in [0.4, 0.5) is 4.79 Å². The third kappa shape index (κ3) is 6.41. The molecule has 0 radical (unpaired) electrons. The molecule has 2 aliphatic heterocycles. The van der Waals surface area contributed by atoms with Crippen molar-refractivity contribution in [3.8, 4) is 0 Å². The van der Waals surface area contributed by atoms with E-state index in [1.165, 1.54) is 23.6 Å². The van der Waals surface area contributed by atoms with Crippen molar-refractivity contribution in [2.24, 2.45) is 5.41 Å². The fourth-order valence-electron chi connectivity index (χ4n) is 3.88. The van der Waals surface area contributed by atoms with Crippen LogP contribution in [0.5, 0.6) is 0 Å². The van der Waals surface area contributed by atoms with Gasteiger partial charge in [-0.25, -0.2) is 8.98 Å². The largest absolute Gasteiger partial charge is 0.466 e. The number of rotatable bonds is 12. The van der Waals surface area contributed by atoms with Crippen LogP contribution in [-0.2, 0) is 42.7 Å². The second kappa shape index (κ2) is 10.7. The molecule has 0 N–H and O–H groups in total. The molecule has 1 aliphatic carbocycles. The van der Waals surface area contributed by atoms with E-state index in [1.54, 1.807) is 13.8 Å². The van der Waals surface area contributed by atoms with Gasteiger partial charge in [0.25, 0.3) is 0 Å². The first-order valence-corrected chi connectivity index (χ1v) is 13.1. The van der Waals surface area contributed by atoms with Crippen molar-refractivity contribution in [3.63, 3.8) is 0 Å². The molecule has 3 fully saturated rings. The highest BCUT2D eigenvalue weighted by Crippen LogP contribution is 2.34. The number of hydrogen-bond acceptors (Lipinski definition) is 10. The molecule has 3 rings (SSSR count). The van der Waals surface area contributed by atoms with Gasteiger partial charge in [-0.1, -0.05) is 6.92 Å². The average Bonchev–Trinajstić information content (AvgIpc) is 3.62. The van der Waals surface area contributed by atoms with Crippen molar-refractivity contribution in [1.29, 1.82) is 0 Å². The van der Waals surface area contributed by atoms with Gasteiger partial charge in [0, 0.05) is 19.0 Å². The van der Waals surface area contributed by atoms with Crippen molar-refractivity contribution in [1.82, 2.24) is 14.9 Å². The molecule has 3 amide bonds. The number of carbonyl (C=O) groups is 4. The second-order valence-electron chi connectivity index (χ2n) is 9.40. The van der Waals surface area contributed by atoms with Gasteiger partial charge in [-0.3, -0.25) is 14.4 Å². The van der Waals surface area contributed by atoms with E-state index in [0.717, 1.165) is 12.8 Å². The van der Waals surface area contributed by atoms with E-state index in [2.05, 4.69) is 0 Å². The molecule has 0 aromatic carbocycles. The number of esters is 2. The number of carbonyl (C=O) groups excluding carboxylic acids is 4. The maximum Gasteiger partial charge on any atom is 0.421 e. The van der Waals surface area contributed by atoms with E-state index in [1.807, 2.05) is 0 Å². The monoisotopic (exact) mass is 519 g/mol. The fourth-order valence-corrected chi connectivity index (χ4v) is 4.75. The minimum Gasteiger partial charge on any atom is -0.466 e. The Morgan fingerprint density at radius 3 is 2.37 bits per heavy atom. The zero-order chi connectivity index (χ0) is 26.0. The van der Waals surface area contributed by atoms with Crippen LogP contribution in [0.1, 0.15) is 59.8 Å². The molecule has 0 aromatic heterocycles. The molecule has 2 heterocycles. The van der Waals surface area contributed by atoms with Crippen molar-refractivity contribution in [2.45, 2.75) is 77.9 Å². The van der Waals surface area contributed by atoms with Gasteiger partial charge in [-0.15, -0.1) is 4.28 Å². The normalized spacial score (nSPS) is 22.2. The van der Waals surface area contributed by atoms with Gasteiger partial charge in [0.2, 0.25) is 5.91 Å². The molecule has 198 valence electrons. The number of fused-ring (bicyclic) bond motifs is 2. The Labute approximate surface area is 204 Å². The second-order valence-corrected chi connectivity index (χ2v) is 10.6. The van der Waals surface area contributed by atoms with E-state index >= 15 is 0 Å². The Hall–Kier alpha value is -2.45. The van der Waals surface area contributed by atoms with E-state index in [0.29, 0.717) is 17.9 Å². The van der Waals surface area contributed by atoms with Crippen LogP contribution >= 0.6 is 0 Å². The maximum absolute atomic E-state index is 13.2. The van der Waals surface area contributed by atoms with Gasteiger partial charge in [0.05, 0.1) is 24.7 Å². The number of hydroxylamine groups is 2. The summed E-state index contributed by atoms with van der Waals surface area (Å²) in [5.41, 5.74) is -1.26. The molecular formula is C21H33N3O10S. The van der Waals surface area contributed by atoms with Gasteiger partial charge in [-0.2, -0.15) is 13.5 Å². The first-order chi connectivity index (χ1) is 16.4. The Balaban J connectivity index is 1.62. The standard InChI is InChI=1S/C21H33N3O10S/c1-5-17(25)32-13-23(14-7-8-14)18(26)16-10-9-15-11-22(16)20(28)24(15)34-35(29,30)33-12-21(3,4)19(27)31-6-2/h14-16H,5-13H2,1-4H3/t15-,16+/m1/s1. The first-order valence-electron chi connectivity index (χ1n) is 11.7. The molecule has 35 heavy (non-hydrogen) atoms. The summed E-state index contributed by atoms with van der Waals surface area (Å²) in [6.07, 6.45) is 2.38. The van der Waals surface area contributed by atoms with E-state index in [9.17, 15) is 27.6 Å². The van der Waals surface area contributed by atoms with E-state index in [4.69, 9.17) is 17.9 Å². The molecule has 14 heteroatoms. The lowest BCUT2D eigenvalue weighted by atomic mass is 9.95. The smallest absolute Gasteiger partial charge is 0.421 e. The number of amides is 3. The Kier molecular flexibility index (Phi) is 8.27. The van der Waals surface area contributed by atoms with Gasteiger partial charge in [0.1, 0.15) is 6.04 Å². The summed E-state index contributed by atoms with van der Waals surface area (Å²) in [6, 6.07) is -2.23. The predicted octanol–water partition coefficient (Wildman–Crippen LogP) is 0.939. The zero-order valence-electron chi connectivity index (χ0n) is 20.4. The summed E-state index contributed by atoms with van der Waals surface area (Å²) >= 11 is 0. The molecule has 0 aromatic rings. The highest BCUT2D eigenvalue weighted by molar-refractivity contribution is 7.81. The molecule has 3 aliphatic rings. The van der Waals surface area contributed by atoms with Gasteiger partial charge < -0.3 is 19.3 Å². The number of ether oxygens (including phenoxy) is 2. The lowest BCUT2D eigenvalue weighted by molar-refractivity contribution is -0.156. The molecule has 13 nitrogen and oxygen atoms in total. The molecule has 0 spiro atoms. The van der Waals surface area contributed by atoms with Crippen LogP contribution in [0.15, 0.2) is 0 Å². The first kappa shape index (κ1) is 27.1. The van der Waals surface area contributed by atoms with Crippen molar-refractivity contribution < 1.29 is 45.5 Å². The highest BCUT2D eigenvalue weighted by atomic mass is 32.3. The average molecular weight is 520 g/mol. The summed E-state index contributed by atoms with van der Waals surface area (Å²) in [5, 5.41) is 0.707. The van der Waals surface area contributed by atoms with Crippen molar-refractivity contribution in [2.75, 3.05) is 26.5 Å². The fraction of sp³-hybridized carbons (Fsp3) is 0.810.